The van der Waals surface area contributed by atoms with Crippen molar-refractivity contribution in [2.24, 2.45) is 16.7 Å². The number of nitrogens with one attached hydrogen (secondary N) is 1. The molecule has 2 aliphatic heterocycles. The van der Waals surface area contributed by atoms with Gasteiger partial charge in [0.05, 0.1) is 38.3 Å². The topological polar surface area (TPSA) is 132 Å². The number of ether oxygens (including phenoxy) is 4. The molecular weight excluding hydrogens is 444 g/mol. The van der Waals surface area contributed by atoms with E-state index in [2.05, 4.69) is 6.07 Å². The van der Waals surface area contributed by atoms with Crippen LogP contribution >= 0.6 is 11.6 Å². The van der Waals surface area contributed by atoms with Gasteiger partial charge in [0.1, 0.15) is 6.10 Å². The molecule has 0 radical (unpaired) electrons. The molecule has 2 bridgehead atoms. The number of nitriles is 3. The molecule has 0 aliphatic carbocycles. The van der Waals surface area contributed by atoms with E-state index in [4.69, 9.17) is 36.0 Å². The summed E-state index contributed by atoms with van der Waals surface area (Å²) in [5, 5.41) is 40.2. The number of fused-ring (bicyclic) bond motifs is 2. The van der Waals surface area contributed by atoms with Crippen molar-refractivity contribution in [2.75, 3.05) is 14.2 Å². The second-order valence-corrected chi connectivity index (χ2v) is 8.30. The van der Waals surface area contributed by atoms with Crippen LogP contribution in [0.1, 0.15) is 24.2 Å². The Morgan fingerprint density at radius 1 is 1.03 bits per heavy atom. The fourth-order valence-corrected chi connectivity index (χ4v) is 5.16. The summed E-state index contributed by atoms with van der Waals surface area (Å²) in [4.78, 5) is 0. The Morgan fingerprint density at radius 3 is 2.30 bits per heavy atom. The zero-order valence-corrected chi connectivity index (χ0v) is 18.8. The van der Waals surface area contributed by atoms with Crippen LogP contribution in [0.15, 0.2) is 42.5 Å². The van der Waals surface area contributed by atoms with E-state index in [-0.39, 0.29) is 5.75 Å². The number of hydrogen-bond acceptors (Lipinski definition) is 8. The lowest BCUT2D eigenvalue weighted by Gasteiger charge is -2.49. The number of para-hydroxylation sites is 1. The van der Waals surface area contributed by atoms with Crippen LogP contribution in [0, 0.1) is 56.2 Å². The summed E-state index contributed by atoms with van der Waals surface area (Å²) < 4.78 is 23.4. The molecule has 0 spiro atoms. The van der Waals surface area contributed by atoms with Crippen molar-refractivity contribution in [1.82, 2.24) is 0 Å². The average molecular weight is 463 g/mol. The molecule has 166 valence electrons. The maximum Gasteiger partial charge on any atom is 0.244 e. The molecule has 2 aromatic carbocycles. The third-order valence-corrected chi connectivity index (χ3v) is 6.85. The first-order chi connectivity index (χ1) is 15.8. The minimum Gasteiger partial charge on any atom is -0.493 e. The van der Waals surface area contributed by atoms with E-state index < -0.39 is 34.5 Å². The molecule has 2 saturated heterocycles. The molecule has 2 fully saturated rings. The lowest BCUT2D eigenvalue weighted by molar-refractivity contribution is -0.288. The number of benzene rings is 2. The van der Waals surface area contributed by atoms with Gasteiger partial charge < -0.3 is 18.9 Å². The number of halogens is 1. The fourth-order valence-electron chi connectivity index (χ4n) is 4.97. The van der Waals surface area contributed by atoms with Gasteiger partial charge in [-0.2, -0.15) is 15.8 Å². The van der Waals surface area contributed by atoms with E-state index >= 15 is 0 Å². The lowest BCUT2D eigenvalue weighted by atomic mass is 9.53. The Labute approximate surface area is 195 Å². The van der Waals surface area contributed by atoms with Gasteiger partial charge in [0.25, 0.3) is 0 Å². The van der Waals surface area contributed by atoms with Gasteiger partial charge in [-0.3, -0.25) is 5.41 Å². The average Bonchev–Trinajstić information content (AvgIpc) is 2.99. The first-order valence-electron chi connectivity index (χ1n) is 9.98. The molecule has 2 heterocycles. The van der Waals surface area contributed by atoms with E-state index in [0.29, 0.717) is 21.9 Å². The molecule has 2 aromatic rings. The van der Waals surface area contributed by atoms with Crippen LogP contribution in [0.3, 0.4) is 0 Å². The van der Waals surface area contributed by atoms with Gasteiger partial charge in [-0.1, -0.05) is 42.8 Å². The van der Waals surface area contributed by atoms with Crippen LogP contribution in [-0.4, -0.2) is 20.1 Å². The molecule has 1 N–H and O–H groups in total. The fraction of sp³-hybridized carbons (Fsp3) is 0.333. The highest BCUT2D eigenvalue weighted by atomic mass is 35.5. The van der Waals surface area contributed by atoms with Crippen LogP contribution < -0.4 is 9.47 Å². The zero-order chi connectivity index (χ0) is 24.0. The number of methoxy groups -OCH3 is 2. The summed E-state index contributed by atoms with van der Waals surface area (Å²) in [6.45, 7) is 1.63. The predicted molar refractivity (Wildman–Crippen MR) is 116 cm³/mol. The van der Waals surface area contributed by atoms with E-state index in [1.54, 1.807) is 49.4 Å². The minimum absolute atomic E-state index is 0.245. The van der Waals surface area contributed by atoms with Crippen molar-refractivity contribution in [3.05, 3.63) is 58.6 Å². The monoisotopic (exact) mass is 462 g/mol. The highest BCUT2D eigenvalue weighted by Crippen LogP contribution is 2.69. The van der Waals surface area contributed by atoms with E-state index in [9.17, 15) is 15.8 Å². The Kier molecular flexibility index (Phi) is 5.21. The molecule has 2 aliphatic rings. The van der Waals surface area contributed by atoms with Crippen LogP contribution in [0.2, 0.25) is 5.02 Å². The van der Waals surface area contributed by atoms with Crippen molar-refractivity contribution >= 4 is 17.5 Å². The van der Waals surface area contributed by atoms with Crippen LogP contribution in [0.5, 0.6) is 11.5 Å². The first kappa shape index (κ1) is 22.4. The first-order valence-corrected chi connectivity index (χ1v) is 10.4. The molecule has 8 nitrogen and oxygen atoms in total. The summed E-state index contributed by atoms with van der Waals surface area (Å²) in [7, 11) is 2.88. The molecule has 4 rings (SSSR count). The number of hydrogen-bond donors (Lipinski definition) is 1. The summed E-state index contributed by atoms with van der Waals surface area (Å²) in [6.07, 6.45) is -1.32. The maximum absolute atomic E-state index is 10.4. The second-order valence-electron chi connectivity index (χ2n) is 7.86. The van der Waals surface area contributed by atoms with Crippen molar-refractivity contribution in [3.63, 3.8) is 0 Å². The van der Waals surface area contributed by atoms with E-state index in [0.717, 1.165) is 0 Å². The molecular formula is C24H19ClN4O4. The molecule has 0 aromatic heterocycles. The molecule has 33 heavy (non-hydrogen) atoms. The largest absolute Gasteiger partial charge is 0.493 e. The van der Waals surface area contributed by atoms with E-state index in [1.807, 2.05) is 12.1 Å². The number of nitrogens with zero attached hydrogens (tertiary/aromatic N) is 3. The van der Waals surface area contributed by atoms with Gasteiger partial charge in [0.15, 0.2) is 16.9 Å². The van der Waals surface area contributed by atoms with Gasteiger partial charge in [0, 0.05) is 16.1 Å². The second kappa shape index (κ2) is 7.67. The van der Waals surface area contributed by atoms with Gasteiger partial charge in [-0.25, -0.2) is 0 Å². The van der Waals surface area contributed by atoms with Gasteiger partial charge in [0.2, 0.25) is 17.1 Å². The third kappa shape index (κ3) is 2.61. The summed E-state index contributed by atoms with van der Waals surface area (Å²) in [5.41, 5.74) is -3.29. The van der Waals surface area contributed by atoms with Gasteiger partial charge in [-0.15, -0.1) is 0 Å². The summed E-state index contributed by atoms with van der Waals surface area (Å²) in [6, 6.07) is 17.8. The molecule has 4 atom stereocenters. The van der Waals surface area contributed by atoms with Gasteiger partial charge in [-0.05, 0) is 18.2 Å². The zero-order valence-electron chi connectivity index (χ0n) is 18.0. The Bertz CT molecular complexity index is 1260. The van der Waals surface area contributed by atoms with Crippen LogP contribution in [0.4, 0.5) is 0 Å². The number of rotatable bonds is 4. The predicted octanol–water partition coefficient (Wildman–Crippen LogP) is 4.47. The Balaban J connectivity index is 2.09. The normalized spacial score (nSPS) is 29.2. The highest BCUT2D eigenvalue weighted by Gasteiger charge is 2.80. The van der Waals surface area contributed by atoms with Crippen molar-refractivity contribution < 1.29 is 18.9 Å². The minimum atomic E-state index is -2.13. The van der Waals surface area contributed by atoms with Crippen LogP contribution in [-0.2, 0) is 15.3 Å². The quantitative estimate of drug-likeness (QED) is 0.708. The lowest BCUT2D eigenvalue weighted by Crippen LogP contribution is -2.57. The maximum atomic E-state index is 10.4. The smallest absolute Gasteiger partial charge is 0.244 e. The molecule has 9 heteroatoms. The standard InChI is InChI=1S/C24H19ClN4O4/c1-14-23(13-28)21(29)33-24(14,15-6-4-7-16(25)10-15)32-20(22(23,11-26)12-27)17-8-5-9-18(30-2)19(17)31-3/h4-10,14,20,29H,1-3H3. The van der Waals surface area contributed by atoms with Crippen molar-refractivity contribution in [3.8, 4) is 29.7 Å². The van der Waals surface area contributed by atoms with Crippen molar-refractivity contribution in [1.29, 1.82) is 21.2 Å². The summed E-state index contributed by atoms with van der Waals surface area (Å²) in [5.74, 6) is -2.45. The SMILES string of the molecule is COc1cccc(C2OC3(c4cccc(Cl)c4)OC(=N)C(C#N)(C3C)C2(C#N)C#N)c1OC. The molecule has 0 amide bonds. The molecule has 0 saturated carbocycles. The Hall–Kier alpha value is -3.77. The van der Waals surface area contributed by atoms with E-state index in [1.165, 1.54) is 14.2 Å². The Morgan fingerprint density at radius 2 is 1.73 bits per heavy atom. The highest BCUT2D eigenvalue weighted by molar-refractivity contribution is 6.30. The van der Waals surface area contributed by atoms with Crippen LogP contribution in [0.25, 0.3) is 0 Å². The van der Waals surface area contributed by atoms with Gasteiger partial charge >= 0.3 is 0 Å². The third-order valence-electron chi connectivity index (χ3n) is 6.61. The van der Waals surface area contributed by atoms with Crippen molar-refractivity contribution in [2.45, 2.75) is 18.8 Å². The summed E-state index contributed by atoms with van der Waals surface area (Å²) >= 11 is 6.23. The molecule has 4 unspecified atom stereocenters.